The van der Waals surface area contributed by atoms with E-state index in [-0.39, 0.29) is 43.0 Å². The van der Waals surface area contributed by atoms with Crippen molar-refractivity contribution < 1.29 is 39.0 Å². The van der Waals surface area contributed by atoms with Crippen LogP contribution in [0, 0.1) is 0 Å². The lowest BCUT2D eigenvalue weighted by Gasteiger charge is -2.01. The minimum absolute atomic E-state index is 0. The molecule has 0 fully saturated rings. The monoisotopic (exact) mass is 359 g/mol. The first-order valence-electron chi connectivity index (χ1n) is 6.10. The van der Waals surface area contributed by atoms with E-state index < -0.39 is 0 Å². The van der Waals surface area contributed by atoms with Crippen LogP contribution in [-0.4, -0.2) is 11.7 Å². The Bertz CT molecular complexity index is 628. The number of amides is 1. The predicted octanol–water partition coefficient (Wildman–Crippen LogP) is -3.52. The molecule has 1 heterocycles. The topological polar surface area (TPSA) is 50.1 Å². The molecule has 1 N–H and O–H groups in total. The molecule has 22 heavy (non-hydrogen) atoms. The highest BCUT2D eigenvalue weighted by Crippen LogP contribution is 2.10. The number of pyridine rings is 1. The second kappa shape index (κ2) is 9.41. The number of aromatic nitrogens is 1. The smallest absolute Gasteiger partial charge is 0.227 e. The van der Waals surface area contributed by atoms with Gasteiger partial charge in [0.15, 0.2) is 12.4 Å². The SMILES string of the molecule is CC(=O)Nc1cc[n+](CC(=O)c2ccc(Cl)cc2)cc1.[Cl-].[Cl-]. The predicted molar refractivity (Wildman–Crippen MR) is 76.7 cm³/mol. The minimum Gasteiger partial charge on any atom is -1.00 e. The number of carbonyl (C=O) groups excluding carboxylic acids is 2. The van der Waals surface area contributed by atoms with Crippen LogP contribution in [0.4, 0.5) is 5.69 Å². The summed E-state index contributed by atoms with van der Waals surface area (Å²) in [5, 5.41) is 3.28. The molecule has 0 atom stereocenters. The fraction of sp³-hybridized carbons (Fsp3) is 0.133. The van der Waals surface area contributed by atoms with Crippen molar-refractivity contribution in [1.82, 2.24) is 0 Å². The molecular formula is C15H14Cl3N2O2-. The second-order valence-corrected chi connectivity index (χ2v) is 4.81. The molecule has 0 unspecified atom stereocenters. The van der Waals surface area contributed by atoms with E-state index in [0.717, 1.165) is 0 Å². The van der Waals surface area contributed by atoms with E-state index in [1.165, 1.54) is 6.92 Å². The van der Waals surface area contributed by atoms with E-state index in [1.807, 2.05) is 0 Å². The van der Waals surface area contributed by atoms with Crippen molar-refractivity contribution in [3.63, 3.8) is 0 Å². The summed E-state index contributed by atoms with van der Waals surface area (Å²) in [6.07, 6.45) is 3.50. The van der Waals surface area contributed by atoms with Gasteiger partial charge in [0, 0.05) is 29.6 Å². The van der Waals surface area contributed by atoms with E-state index >= 15 is 0 Å². The Morgan fingerprint density at radius 3 is 2.09 bits per heavy atom. The van der Waals surface area contributed by atoms with E-state index in [1.54, 1.807) is 53.4 Å². The highest BCUT2D eigenvalue weighted by atomic mass is 35.5. The van der Waals surface area contributed by atoms with Crippen molar-refractivity contribution in [2.75, 3.05) is 5.32 Å². The van der Waals surface area contributed by atoms with Gasteiger partial charge in [0.05, 0.1) is 5.69 Å². The molecule has 0 saturated heterocycles. The van der Waals surface area contributed by atoms with Gasteiger partial charge < -0.3 is 30.1 Å². The Balaban J connectivity index is 0.00000220. The van der Waals surface area contributed by atoms with Crippen LogP contribution in [-0.2, 0) is 11.3 Å². The molecular weight excluding hydrogens is 347 g/mol. The van der Waals surface area contributed by atoms with Gasteiger partial charge in [0.1, 0.15) is 0 Å². The average Bonchev–Trinajstić information content (AvgIpc) is 2.41. The Labute approximate surface area is 146 Å². The number of nitrogens with zero attached hydrogens (tertiary/aromatic N) is 1. The Morgan fingerprint density at radius 1 is 1.05 bits per heavy atom. The summed E-state index contributed by atoms with van der Waals surface area (Å²) in [5.74, 6) is -0.126. The molecule has 0 aliphatic rings. The zero-order valence-electron chi connectivity index (χ0n) is 11.7. The van der Waals surface area contributed by atoms with E-state index in [0.29, 0.717) is 16.3 Å². The van der Waals surface area contributed by atoms with Crippen LogP contribution in [0.2, 0.25) is 5.02 Å². The summed E-state index contributed by atoms with van der Waals surface area (Å²) in [5.41, 5.74) is 1.32. The van der Waals surface area contributed by atoms with E-state index in [2.05, 4.69) is 5.32 Å². The molecule has 0 saturated carbocycles. The van der Waals surface area contributed by atoms with Gasteiger partial charge in [-0.1, -0.05) is 11.6 Å². The van der Waals surface area contributed by atoms with Gasteiger partial charge in [0.2, 0.25) is 18.2 Å². The average molecular weight is 361 g/mol. The first kappa shape index (κ1) is 20.4. The lowest BCUT2D eigenvalue weighted by atomic mass is 10.1. The van der Waals surface area contributed by atoms with Crippen LogP contribution in [0.1, 0.15) is 17.3 Å². The molecule has 0 aliphatic carbocycles. The van der Waals surface area contributed by atoms with Crippen molar-refractivity contribution in [2.24, 2.45) is 0 Å². The number of hydrogen-bond acceptors (Lipinski definition) is 2. The van der Waals surface area contributed by atoms with Gasteiger partial charge in [-0.05, 0) is 24.3 Å². The third-order valence-electron chi connectivity index (χ3n) is 2.70. The van der Waals surface area contributed by atoms with Crippen LogP contribution < -0.4 is 34.7 Å². The number of halogens is 3. The molecule has 1 aromatic heterocycles. The van der Waals surface area contributed by atoms with E-state index in [9.17, 15) is 9.59 Å². The first-order chi connectivity index (χ1) is 9.54. The quantitative estimate of drug-likeness (QED) is 0.454. The summed E-state index contributed by atoms with van der Waals surface area (Å²) in [6.45, 7) is 1.69. The van der Waals surface area contributed by atoms with Gasteiger partial charge in [0.25, 0.3) is 0 Å². The molecule has 2 rings (SSSR count). The fourth-order valence-electron chi connectivity index (χ4n) is 1.74. The Hall–Kier alpha value is -1.62. The first-order valence-corrected chi connectivity index (χ1v) is 6.48. The molecule has 0 aliphatic heterocycles. The van der Waals surface area contributed by atoms with Crippen LogP contribution in [0.3, 0.4) is 0 Å². The lowest BCUT2D eigenvalue weighted by molar-refractivity contribution is -0.683. The van der Waals surface area contributed by atoms with Crippen LogP contribution in [0.25, 0.3) is 0 Å². The number of Topliss-reactive ketones (excluding diaryl/α,β-unsaturated/α-hetero) is 1. The third-order valence-corrected chi connectivity index (χ3v) is 2.96. The fourth-order valence-corrected chi connectivity index (χ4v) is 1.87. The number of benzene rings is 1. The van der Waals surface area contributed by atoms with Crippen molar-refractivity contribution in [2.45, 2.75) is 13.5 Å². The number of rotatable bonds is 4. The minimum atomic E-state index is -0.125. The molecule has 1 amide bonds. The zero-order chi connectivity index (χ0) is 14.5. The Kier molecular flexibility index (Phi) is 8.72. The highest BCUT2D eigenvalue weighted by molar-refractivity contribution is 6.30. The van der Waals surface area contributed by atoms with Crippen LogP contribution in [0.15, 0.2) is 48.8 Å². The molecule has 0 radical (unpaired) electrons. The Morgan fingerprint density at radius 2 is 1.59 bits per heavy atom. The standard InChI is InChI=1S/C15H13ClN2O2.2ClH/c1-11(19)17-14-6-8-18(9-7-14)10-15(20)12-2-4-13(16)5-3-12;;/h2-9H,10H2,1H3;2*1H/p-1. The summed E-state index contributed by atoms with van der Waals surface area (Å²) >= 11 is 5.78. The maximum atomic E-state index is 12.1. The molecule has 1 aromatic carbocycles. The molecule has 0 bridgehead atoms. The lowest BCUT2D eigenvalue weighted by Crippen LogP contribution is -3.00. The maximum absolute atomic E-state index is 12.1. The molecule has 7 heteroatoms. The number of carbonyl (C=O) groups is 2. The number of nitrogens with one attached hydrogen (secondary N) is 1. The summed E-state index contributed by atoms with van der Waals surface area (Å²) in [7, 11) is 0. The molecule has 0 spiro atoms. The number of hydrogen-bond donors (Lipinski definition) is 1. The van der Waals surface area contributed by atoms with Crippen LogP contribution >= 0.6 is 11.6 Å². The summed E-state index contributed by atoms with van der Waals surface area (Å²) in [6, 6.07) is 10.3. The maximum Gasteiger partial charge on any atom is 0.227 e. The number of anilines is 1. The zero-order valence-corrected chi connectivity index (χ0v) is 14.0. The highest BCUT2D eigenvalue weighted by Gasteiger charge is 2.12. The largest absolute Gasteiger partial charge is 1.00 e. The van der Waals surface area contributed by atoms with Crippen molar-refractivity contribution in [1.29, 1.82) is 0 Å². The number of ketones is 1. The third kappa shape index (κ3) is 6.02. The van der Waals surface area contributed by atoms with Crippen molar-refractivity contribution >= 4 is 29.0 Å². The van der Waals surface area contributed by atoms with Crippen molar-refractivity contribution in [3.05, 3.63) is 59.4 Å². The normalized spacial score (nSPS) is 9.18. The van der Waals surface area contributed by atoms with Gasteiger partial charge in [-0.15, -0.1) is 0 Å². The summed E-state index contributed by atoms with van der Waals surface area (Å²) < 4.78 is 1.75. The molecule has 2 aromatic rings. The second-order valence-electron chi connectivity index (χ2n) is 4.37. The molecule has 4 nitrogen and oxygen atoms in total. The summed E-state index contributed by atoms with van der Waals surface area (Å²) in [4.78, 5) is 23.0. The van der Waals surface area contributed by atoms with Crippen molar-refractivity contribution in [3.8, 4) is 0 Å². The van der Waals surface area contributed by atoms with Gasteiger partial charge in [-0.3, -0.25) is 9.59 Å². The van der Waals surface area contributed by atoms with Gasteiger partial charge in [-0.2, -0.15) is 4.57 Å². The molecule has 118 valence electrons. The van der Waals surface area contributed by atoms with Crippen LogP contribution in [0.5, 0.6) is 0 Å². The van der Waals surface area contributed by atoms with E-state index in [4.69, 9.17) is 11.6 Å². The van der Waals surface area contributed by atoms with Gasteiger partial charge in [-0.25, -0.2) is 0 Å². The van der Waals surface area contributed by atoms with Gasteiger partial charge >= 0.3 is 0 Å².